The van der Waals surface area contributed by atoms with Crippen LogP contribution in [0.3, 0.4) is 0 Å². The fourth-order valence-corrected chi connectivity index (χ4v) is 2.02. The van der Waals surface area contributed by atoms with Crippen LogP contribution in [0.2, 0.25) is 0 Å². The molecule has 0 unspecified atom stereocenters. The first-order chi connectivity index (χ1) is 11.0. The van der Waals surface area contributed by atoms with Crippen molar-refractivity contribution in [2.24, 2.45) is 5.73 Å². The third-order valence-electron chi connectivity index (χ3n) is 3.13. The normalized spacial score (nSPS) is 13.1. The summed E-state index contributed by atoms with van der Waals surface area (Å²) in [5.74, 6) is -1.93. The lowest BCUT2D eigenvalue weighted by Crippen LogP contribution is -2.17. The van der Waals surface area contributed by atoms with Crippen molar-refractivity contribution in [2.75, 3.05) is 0 Å². The molecule has 0 heterocycles. The Balaban J connectivity index is 0.00000312. The van der Waals surface area contributed by atoms with Crippen LogP contribution >= 0.6 is 12.4 Å². The quantitative estimate of drug-likeness (QED) is 0.731. The van der Waals surface area contributed by atoms with Crippen molar-refractivity contribution >= 4 is 12.4 Å². The van der Waals surface area contributed by atoms with Gasteiger partial charge < -0.3 is 10.5 Å². The molecule has 2 nitrogen and oxygen atoms in total. The highest BCUT2D eigenvalue weighted by molar-refractivity contribution is 5.85. The van der Waals surface area contributed by atoms with E-state index in [-0.39, 0.29) is 23.5 Å². The van der Waals surface area contributed by atoms with Gasteiger partial charge in [-0.3, -0.25) is 0 Å². The molecule has 0 saturated heterocycles. The molecule has 0 amide bonds. The third-order valence-corrected chi connectivity index (χ3v) is 3.13. The van der Waals surface area contributed by atoms with Gasteiger partial charge in [0.05, 0.1) is 11.6 Å². The Bertz CT molecular complexity index is 713. The maximum atomic E-state index is 13.3. The van der Waals surface area contributed by atoms with Crippen molar-refractivity contribution < 1.29 is 35.5 Å². The second kappa shape index (κ2) is 7.49. The number of nitrogens with two attached hydrogens (primary N) is 1. The number of hydrogen-bond acceptors (Lipinski definition) is 2. The molecular weight excluding hydrogens is 379 g/mol. The number of rotatable bonds is 3. The highest BCUT2D eigenvalue weighted by atomic mass is 35.5. The van der Waals surface area contributed by atoms with Crippen LogP contribution in [0.4, 0.5) is 30.7 Å². The SMILES string of the molecule is Cl.N[C@@H](c1ccc(OC(F)(F)F)cc1)c1ccc(F)c(C(F)(F)F)c1. The number of alkyl halides is 6. The van der Waals surface area contributed by atoms with Crippen LogP contribution in [0.5, 0.6) is 5.75 Å². The molecule has 2 aromatic rings. The topological polar surface area (TPSA) is 35.2 Å². The minimum absolute atomic E-state index is 0. The number of hydrogen-bond donors (Lipinski definition) is 1. The standard InChI is InChI=1S/C15H10F7NO.ClH/c16-12-6-3-9(7-11(12)14(17,18)19)13(23)8-1-4-10(5-2-8)24-15(20,21)22;/h1-7,13H,23H2;1H/t13-;/m0./s1. The molecule has 0 spiro atoms. The lowest BCUT2D eigenvalue weighted by atomic mass is 9.97. The van der Waals surface area contributed by atoms with E-state index < -0.39 is 35.7 Å². The highest BCUT2D eigenvalue weighted by Crippen LogP contribution is 2.34. The fourth-order valence-electron chi connectivity index (χ4n) is 2.02. The molecule has 0 aliphatic rings. The maximum Gasteiger partial charge on any atom is 0.573 e. The Kier molecular flexibility index (Phi) is 6.30. The molecule has 0 radical (unpaired) electrons. The molecule has 0 aliphatic carbocycles. The van der Waals surface area contributed by atoms with Crippen LogP contribution in [-0.2, 0) is 6.18 Å². The monoisotopic (exact) mass is 389 g/mol. The lowest BCUT2D eigenvalue weighted by molar-refractivity contribution is -0.274. The van der Waals surface area contributed by atoms with E-state index in [0.29, 0.717) is 12.1 Å². The molecule has 2 N–H and O–H groups in total. The van der Waals surface area contributed by atoms with Gasteiger partial charge in [-0.15, -0.1) is 25.6 Å². The van der Waals surface area contributed by atoms with E-state index in [9.17, 15) is 30.7 Å². The Morgan fingerprint density at radius 2 is 1.36 bits per heavy atom. The fraction of sp³-hybridized carbons (Fsp3) is 0.200. The zero-order valence-corrected chi connectivity index (χ0v) is 13.0. The van der Waals surface area contributed by atoms with Crippen molar-refractivity contribution in [3.63, 3.8) is 0 Å². The van der Waals surface area contributed by atoms with E-state index >= 15 is 0 Å². The molecule has 0 saturated carbocycles. The van der Waals surface area contributed by atoms with Crippen LogP contribution in [-0.4, -0.2) is 6.36 Å². The van der Waals surface area contributed by atoms with Crippen LogP contribution in [0.15, 0.2) is 42.5 Å². The summed E-state index contributed by atoms with van der Waals surface area (Å²) in [6.45, 7) is 0. The van der Waals surface area contributed by atoms with Gasteiger partial charge in [-0.2, -0.15) is 13.2 Å². The third kappa shape index (κ3) is 5.50. The van der Waals surface area contributed by atoms with Crippen molar-refractivity contribution in [3.05, 3.63) is 65.0 Å². The number of halogens is 8. The van der Waals surface area contributed by atoms with E-state index in [1.165, 1.54) is 12.1 Å². The summed E-state index contributed by atoms with van der Waals surface area (Å²) in [5, 5.41) is 0. The lowest BCUT2D eigenvalue weighted by Gasteiger charge is -2.16. The average Bonchev–Trinajstić information content (AvgIpc) is 2.45. The van der Waals surface area contributed by atoms with Crippen molar-refractivity contribution in [2.45, 2.75) is 18.6 Å². The van der Waals surface area contributed by atoms with Gasteiger partial charge >= 0.3 is 12.5 Å². The van der Waals surface area contributed by atoms with Crippen LogP contribution < -0.4 is 10.5 Å². The summed E-state index contributed by atoms with van der Waals surface area (Å²) >= 11 is 0. The Labute approximate surface area is 143 Å². The minimum atomic E-state index is -4.88. The van der Waals surface area contributed by atoms with Crippen molar-refractivity contribution in [1.29, 1.82) is 0 Å². The van der Waals surface area contributed by atoms with Gasteiger partial charge in [0.15, 0.2) is 0 Å². The molecule has 25 heavy (non-hydrogen) atoms. The van der Waals surface area contributed by atoms with Gasteiger partial charge in [-0.25, -0.2) is 4.39 Å². The van der Waals surface area contributed by atoms with E-state index in [0.717, 1.165) is 18.2 Å². The molecule has 138 valence electrons. The minimum Gasteiger partial charge on any atom is -0.406 e. The number of benzene rings is 2. The van der Waals surface area contributed by atoms with Crippen LogP contribution in [0.1, 0.15) is 22.7 Å². The summed E-state index contributed by atoms with van der Waals surface area (Å²) < 4.78 is 91.3. The predicted octanol–water partition coefficient (Wildman–Crippen LogP) is 5.21. The molecule has 0 bridgehead atoms. The van der Waals surface area contributed by atoms with Crippen molar-refractivity contribution in [3.8, 4) is 5.75 Å². The average molecular weight is 390 g/mol. The number of ether oxygens (including phenoxy) is 1. The first-order valence-electron chi connectivity index (χ1n) is 6.45. The smallest absolute Gasteiger partial charge is 0.406 e. The van der Waals surface area contributed by atoms with Gasteiger partial charge in [0.25, 0.3) is 0 Å². The van der Waals surface area contributed by atoms with Crippen LogP contribution in [0.25, 0.3) is 0 Å². The second-order valence-electron chi connectivity index (χ2n) is 4.83. The summed E-state index contributed by atoms with van der Waals surface area (Å²) in [6, 6.07) is 5.54. The van der Waals surface area contributed by atoms with E-state index in [2.05, 4.69) is 4.74 Å². The van der Waals surface area contributed by atoms with Gasteiger partial charge in [-0.1, -0.05) is 18.2 Å². The summed E-state index contributed by atoms with van der Waals surface area (Å²) in [4.78, 5) is 0. The van der Waals surface area contributed by atoms with Crippen molar-refractivity contribution in [1.82, 2.24) is 0 Å². The van der Waals surface area contributed by atoms with E-state index in [1.54, 1.807) is 0 Å². The molecule has 1 atom stereocenters. The zero-order chi connectivity index (χ0) is 18.1. The zero-order valence-electron chi connectivity index (χ0n) is 12.2. The van der Waals surface area contributed by atoms with E-state index in [4.69, 9.17) is 5.73 Å². The summed E-state index contributed by atoms with van der Waals surface area (Å²) in [7, 11) is 0. The predicted molar refractivity (Wildman–Crippen MR) is 77.8 cm³/mol. The Morgan fingerprint density at radius 1 is 0.840 bits per heavy atom. The molecule has 2 rings (SSSR count). The Hall–Kier alpha value is -2.00. The van der Waals surface area contributed by atoms with Gasteiger partial charge in [-0.05, 0) is 35.4 Å². The summed E-state index contributed by atoms with van der Waals surface area (Å²) in [5.41, 5.74) is 4.54. The summed E-state index contributed by atoms with van der Waals surface area (Å²) in [6.07, 6.45) is -9.74. The molecule has 0 fully saturated rings. The molecule has 10 heteroatoms. The van der Waals surface area contributed by atoms with Gasteiger partial charge in [0.1, 0.15) is 11.6 Å². The maximum absolute atomic E-state index is 13.3. The van der Waals surface area contributed by atoms with Gasteiger partial charge in [0.2, 0.25) is 0 Å². The van der Waals surface area contributed by atoms with Gasteiger partial charge in [0, 0.05) is 0 Å². The van der Waals surface area contributed by atoms with E-state index in [1.807, 2.05) is 0 Å². The first kappa shape index (κ1) is 21.0. The largest absolute Gasteiger partial charge is 0.573 e. The highest BCUT2D eigenvalue weighted by Gasteiger charge is 2.34. The Morgan fingerprint density at radius 3 is 1.84 bits per heavy atom. The first-order valence-corrected chi connectivity index (χ1v) is 6.45. The molecule has 0 aliphatic heterocycles. The van der Waals surface area contributed by atoms with Crippen LogP contribution in [0, 0.1) is 5.82 Å². The molecular formula is C15H11ClF7NO. The molecule has 0 aromatic heterocycles. The molecule has 2 aromatic carbocycles. The second-order valence-corrected chi connectivity index (χ2v) is 4.83.